The number of carbonyl (C=O) groups excluding carboxylic acids is 1. The van der Waals surface area contributed by atoms with Gasteiger partial charge in [-0.25, -0.2) is 0 Å². The van der Waals surface area contributed by atoms with Crippen molar-refractivity contribution in [3.63, 3.8) is 0 Å². The molecule has 0 saturated heterocycles. The molecular weight excluding hydrogens is 206 g/mol. The first kappa shape index (κ1) is 10.9. The summed E-state index contributed by atoms with van der Waals surface area (Å²) in [6.45, 7) is 0. The molecule has 0 aromatic carbocycles. The van der Waals surface area contributed by atoms with Crippen molar-refractivity contribution in [2.75, 3.05) is 12.8 Å². The molecule has 1 fully saturated rings. The van der Waals surface area contributed by atoms with Gasteiger partial charge in [-0.1, -0.05) is 19.3 Å². The number of H-pyrrole nitrogens is 1. The van der Waals surface area contributed by atoms with E-state index in [1.165, 1.54) is 19.3 Å². The minimum Gasteiger partial charge on any atom is -0.366 e. The van der Waals surface area contributed by atoms with Gasteiger partial charge in [-0.3, -0.25) is 9.89 Å². The third kappa shape index (κ3) is 2.15. The van der Waals surface area contributed by atoms with Crippen molar-refractivity contribution in [2.45, 2.75) is 38.1 Å². The summed E-state index contributed by atoms with van der Waals surface area (Å²) in [5, 5.41) is 6.21. The van der Waals surface area contributed by atoms with Crippen LogP contribution in [0, 0.1) is 0 Å². The monoisotopic (exact) mass is 223 g/mol. The fraction of sp³-hybridized carbons (Fsp3) is 0.700. The second-order valence-corrected chi connectivity index (χ2v) is 4.25. The number of aromatic nitrogens is 3. The van der Waals surface area contributed by atoms with Crippen LogP contribution in [0.4, 0.5) is 5.95 Å². The Morgan fingerprint density at radius 1 is 1.44 bits per heavy atom. The number of hydrogen-bond donors (Lipinski definition) is 2. The lowest BCUT2D eigenvalue weighted by Gasteiger charge is -2.30. The molecule has 0 aliphatic heterocycles. The number of nitrogens with one attached hydrogen (secondary N) is 1. The summed E-state index contributed by atoms with van der Waals surface area (Å²) in [6.07, 6.45) is 5.81. The van der Waals surface area contributed by atoms with Crippen molar-refractivity contribution in [3.8, 4) is 0 Å². The van der Waals surface area contributed by atoms with E-state index >= 15 is 0 Å². The average Bonchev–Trinajstić information content (AvgIpc) is 2.75. The van der Waals surface area contributed by atoms with Crippen LogP contribution in [0.2, 0.25) is 0 Å². The van der Waals surface area contributed by atoms with Gasteiger partial charge in [0.1, 0.15) is 0 Å². The van der Waals surface area contributed by atoms with Gasteiger partial charge < -0.3 is 10.6 Å². The van der Waals surface area contributed by atoms with Crippen molar-refractivity contribution < 1.29 is 4.79 Å². The van der Waals surface area contributed by atoms with Gasteiger partial charge in [0.05, 0.1) is 0 Å². The molecule has 1 aliphatic rings. The van der Waals surface area contributed by atoms with Crippen LogP contribution in [0.25, 0.3) is 0 Å². The highest BCUT2D eigenvalue weighted by molar-refractivity contribution is 5.90. The van der Waals surface area contributed by atoms with Crippen LogP contribution < -0.4 is 5.73 Å². The second kappa shape index (κ2) is 4.51. The predicted octanol–water partition coefficient (Wildman–Crippen LogP) is 0.792. The lowest BCUT2D eigenvalue weighted by atomic mass is 9.94. The SMILES string of the molecule is CN(C(=O)c1nc(N)n[nH]1)C1CCCCC1. The van der Waals surface area contributed by atoms with Crippen LogP contribution in [0.15, 0.2) is 0 Å². The molecule has 0 bridgehead atoms. The summed E-state index contributed by atoms with van der Waals surface area (Å²) >= 11 is 0. The molecule has 1 aliphatic carbocycles. The van der Waals surface area contributed by atoms with Crippen molar-refractivity contribution in [3.05, 3.63) is 5.82 Å². The van der Waals surface area contributed by atoms with Gasteiger partial charge in [-0.15, -0.1) is 5.10 Å². The van der Waals surface area contributed by atoms with E-state index in [4.69, 9.17) is 5.73 Å². The first-order valence-corrected chi connectivity index (χ1v) is 5.63. The minimum atomic E-state index is -0.129. The van der Waals surface area contributed by atoms with Gasteiger partial charge in [0.25, 0.3) is 5.91 Å². The Labute approximate surface area is 94.2 Å². The zero-order valence-corrected chi connectivity index (χ0v) is 9.44. The second-order valence-electron chi connectivity index (χ2n) is 4.25. The van der Waals surface area contributed by atoms with Gasteiger partial charge in [-0.2, -0.15) is 4.98 Å². The fourth-order valence-electron chi connectivity index (χ4n) is 2.17. The number of hydrogen-bond acceptors (Lipinski definition) is 4. The Hall–Kier alpha value is -1.59. The molecule has 2 rings (SSSR count). The summed E-state index contributed by atoms with van der Waals surface area (Å²) < 4.78 is 0. The number of nitrogens with two attached hydrogens (primary N) is 1. The topological polar surface area (TPSA) is 87.9 Å². The number of nitrogens with zero attached hydrogens (tertiary/aromatic N) is 3. The largest absolute Gasteiger partial charge is 0.366 e. The van der Waals surface area contributed by atoms with E-state index in [1.807, 2.05) is 7.05 Å². The Balaban J connectivity index is 2.03. The minimum absolute atomic E-state index is 0.111. The van der Waals surface area contributed by atoms with Crippen molar-refractivity contribution in [1.82, 2.24) is 20.1 Å². The third-order valence-electron chi connectivity index (χ3n) is 3.15. The predicted molar refractivity (Wildman–Crippen MR) is 59.8 cm³/mol. The van der Waals surface area contributed by atoms with Crippen LogP contribution in [0.1, 0.15) is 42.7 Å². The first-order chi connectivity index (χ1) is 7.68. The van der Waals surface area contributed by atoms with Crippen LogP contribution in [0.3, 0.4) is 0 Å². The van der Waals surface area contributed by atoms with Crippen molar-refractivity contribution in [2.24, 2.45) is 0 Å². The molecule has 1 heterocycles. The average molecular weight is 223 g/mol. The third-order valence-corrected chi connectivity index (χ3v) is 3.15. The molecule has 88 valence electrons. The van der Waals surface area contributed by atoms with Gasteiger partial charge in [0.2, 0.25) is 11.8 Å². The Morgan fingerprint density at radius 2 is 2.12 bits per heavy atom. The van der Waals surface area contributed by atoms with Crippen LogP contribution in [0.5, 0.6) is 0 Å². The molecule has 1 saturated carbocycles. The number of nitrogen functional groups attached to an aromatic ring is 1. The summed E-state index contributed by atoms with van der Waals surface area (Å²) in [4.78, 5) is 17.6. The van der Waals surface area contributed by atoms with E-state index in [0.717, 1.165) is 12.8 Å². The first-order valence-electron chi connectivity index (χ1n) is 5.63. The number of carbonyl (C=O) groups is 1. The van der Waals surface area contributed by atoms with E-state index in [9.17, 15) is 4.79 Å². The number of rotatable bonds is 2. The van der Waals surface area contributed by atoms with Crippen molar-refractivity contribution in [1.29, 1.82) is 0 Å². The molecule has 16 heavy (non-hydrogen) atoms. The van der Waals surface area contributed by atoms with Gasteiger partial charge in [0.15, 0.2) is 0 Å². The van der Waals surface area contributed by atoms with E-state index in [2.05, 4.69) is 15.2 Å². The quantitative estimate of drug-likeness (QED) is 0.776. The maximum absolute atomic E-state index is 12.0. The van der Waals surface area contributed by atoms with E-state index in [1.54, 1.807) is 4.90 Å². The van der Waals surface area contributed by atoms with E-state index < -0.39 is 0 Å². The zero-order valence-electron chi connectivity index (χ0n) is 9.44. The molecule has 6 heteroatoms. The number of aromatic amines is 1. The molecule has 0 spiro atoms. The molecule has 0 atom stereocenters. The number of anilines is 1. The molecule has 0 radical (unpaired) electrons. The summed E-state index contributed by atoms with van der Waals surface area (Å²) in [7, 11) is 1.82. The van der Waals surface area contributed by atoms with Crippen molar-refractivity contribution >= 4 is 11.9 Å². The van der Waals surface area contributed by atoms with Crippen LogP contribution >= 0.6 is 0 Å². The van der Waals surface area contributed by atoms with Crippen LogP contribution in [-0.4, -0.2) is 39.1 Å². The molecule has 6 nitrogen and oxygen atoms in total. The fourth-order valence-corrected chi connectivity index (χ4v) is 2.17. The normalized spacial score (nSPS) is 17.3. The summed E-state index contributed by atoms with van der Waals surface area (Å²) in [6, 6.07) is 0.326. The van der Waals surface area contributed by atoms with Gasteiger partial charge in [-0.05, 0) is 12.8 Å². The molecular formula is C10H17N5O. The van der Waals surface area contributed by atoms with E-state index in [0.29, 0.717) is 6.04 Å². The highest BCUT2D eigenvalue weighted by Crippen LogP contribution is 2.22. The zero-order chi connectivity index (χ0) is 11.5. The molecule has 3 N–H and O–H groups in total. The lowest BCUT2D eigenvalue weighted by Crippen LogP contribution is -2.38. The standard InChI is InChI=1S/C10H17N5O/c1-15(7-5-3-2-4-6-7)9(16)8-12-10(11)14-13-8/h7H,2-6H2,1H3,(H3,11,12,13,14). The van der Waals surface area contributed by atoms with Gasteiger partial charge in [0, 0.05) is 13.1 Å². The van der Waals surface area contributed by atoms with Crippen LogP contribution in [-0.2, 0) is 0 Å². The van der Waals surface area contributed by atoms with E-state index in [-0.39, 0.29) is 17.7 Å². The highest BCUT2D eigenvalue weighted by atomic mass is 16.2. The molecule has 0 unspecified atom stereocenters. The molecule has 1 amide bonds. The molecule has 1 aromatic rings. The summed E-state index contributed by atoms with van der Waals surface area (Å²) in [5.41, 5.74) is 5.37. The lowest BCUT2D eigenvalue weighted by molar-refractivity contribution is 0.0684. The summed E-state index contributed by atoms with van der Waals surface area (Å²) in [5.74, 6) is 0.210. The highest BCUT2D eigenvalue weighted by Gasteiger charge is 2.24. The smallest absolute Gasteiger partial charge is 0.291 e. The number of amides is 1. The Kier molecular flexibility index (Phi) is 3.07. The Morgan fingerprint density at radius 3 is 2.69 bits per heavy atom. The maximum Gasteiger partial charge on any atom is 0.291 e. The Bertz CT molecular complexity index is 369. The molecule has 1 aromatic heterocycles. The van der Waals surface area contributed by atoms with Gasteiger partial charge >= 0.3 is 0 Å². The maximum atomic E-state index is 12.0.